The highest BCUT2D eigenvalue weighted by Gasteiger charge is 2.13. The van der Waals surface area contributed by atoms with Crippen molar-refractivity contribution < 1.29 is 19.4 Å². The monoisotopic (exact) mass is 376 g/mol. The molecule has 0 unspecified atom stereocenters. The zero-order chi connectivity index (χ0) is 17.0. The van der Waals surface area contributed by atoms with Gasteiger partial charge in [-0.25, -0.2) is 4.39 Å². The average molecular weight is 377 g/mol. The average Bonchev–Trinajstić information content (AvgIpc) is 2.51. The SMILES string of the molecule is N#C/C(=C/c1cc(Br)c(O)cc1O)C(=O)Nc1ccccc1F. The summed E-state index contributed by atoms with van der Waals surface area (Å²) in [5.74, 6) is -1.94. The maximum absolute atomic E-state index is 13.5. The Hall–Kier alpha value is -2.85. The van der Waals surface area contributed by atoms with Gasteiger partial charge >= 0.3 is 0 Å². The van der Waals surface area contributed by atoms with Gasteiger partial charge in [-0.05, 0) is 40.2 Å². The summed E-state index contributed by atoms with van der Waals surface area (Å²) in [6, 6.07) is 9.65. The lowest BCUT2D eigenvalue weighted by Crippen LogP contribution is -2.14. The molecule has 0 bridgehead atoms. The first-order chi connectivity index (χ1) is 10.9. The molecule has 0 aliphatic carbocycles. The Kier molecular flexibility index (Phi) is 4.98. The van der Waals surface area contributed by atoms with Crippen LogP contribution in [0.25, 0.3) is 6.08 Å². The summed E-state index contributed by atoms with van der Waals surface area (Å²) in [7, 11) is 0. The molecule has 23 heavy (non-hydrogen) atoms. The molecule has 0 aliphatic heterocycles. The van der Waals surface area contributed by atoms with Crippen molar-refractivity contribution in [2.24, 2.45) is 0 Å². The number of nitrogens with zero attached hydrogens (tertiary/aromatic N) is 1. The van der Waals surface area contributed by atoms with Gasteiger partial charge in [0.05, 0.1) is 10.2 Å². The van der Waals surface area contributed by atoms with Crippen LogP contribution in [0.3, 0.4) is 0 Å². The molecule has 3 N–H and O–H groups in total. The van der Waals surface area contributed by atoms with Crippen molar-refractivity contribution in [1.82, 2.24) is 0 Å². The lowest BCUT2D eigenvalue weighted by Gasteiger charge is -2.06. The van der Waals surface area contributed by atoms with Crippen molar-refractivity contribution in [3.8, 4) is 17.6 Å². The van der Waals surface area contributed by atoms with Gasteiger partial charge in [0.2, 0.25) is 0 Å². The second-order valence-corrected chi connectivity index (χ2v) is 5.32. The third-order valence-electron chi connectivity index (χ3n) is 2.88. The van der Waals surface area contributed by atoms with Gasteiger partial charge in [0, 0.05) is 11.6 Å². The molecule has 0 spiro atoms. The summed E-state index contributed by atoms with van der Waals surface area (Å²) in [5, 5.41) is 30.6. The Morgan fingerprint density at radius 2 is 1.96 bits per heavy atom. The minimum absolute atomic E-state index is 0.0604. The molecule has 7 heteroatoms. The molecule has 2 aromatic carbocycles. The van der Waals surface area contributed by atoms with Gasteiger partial charge in [0.1, 0.15) is 29.0 Å². The van der Waals surface area contributed by atoms with E-state index >= 15 is 0 Å². The molecule has 1 amide bonds. The van der Waals surface area contributed by atoms with Crippen LogP contribution < -0.4 is 5.32 Å². The standard InChI is InChI=1S/C16H10BrFN2O3/c17-11-6-9(14(21)7-15(11)22)5-10(8-19)16(23)20-13-4-2-1-3-12(13)18/h1-7,21-22H,(H,20,23)/b10-5-. The van der Waals surface area contributed by atoms with E-state index in [4.69, 9.17) is 5.26 Å². The molecule has 0 aliphatic rings. The van der Waals surface area contributed by atoms with Gasteiger partial charge in [-0.1, -0.05) is 12.1 Å². The Labute approximate surface area is 139 Å². The van der Waals surface area contributed by atoms with E-state index in [0.29, 0.717) is 0 Å². The summed E-state index contributed by atoms with van der Waals surface area (Å²) < 4.78 is 13.8. The van der Waals surface area contributed by atoms with E-state index in [1.54, 1.807) is 6.07 Å². The second kappa shape index (κ2) is 6.94. The van der Waals surface area contributed by atoms with Gasteiger partial charge in [-0.2, -0.15) is 5.26 Å². The fourth-order valence-electron chi connectivity index (χ4n) is 1.74. The fourth-order valence-corrected chi connectivity index (χ4v) is 2.10. The molecule has 0 fully saturated rings. The van der Waals surface area contributed by atoms with Crippen LogP contribution in [0.5, 0.6) is 11.5 Å². The summed E-state index contributed by atoms with van der Waals surface area (Å²) >= 11 is 3.07. The second-order valence-electron chi connectivity index (χ2n) is 4.47. The van der Waals surface area contributed by atoms with Crippen LogP contribution in [0.2, 0.25) is 0 Å². The number of aromatic hydroxyl groups is 2. The molecular formula is C16H10BrFN2O3. The normalized spacial score (nSPS) is 10.9. The number of carbonyl (C=O) groups is 1. The number of hydrogen-bond acceptors (Lipinski definition) is 4. The Morgan fingerprint density at radius 1 is 1.26 bits per heavy atom. The van der Waals surface area contributed by atoms with E-state index in [1.165, 1.54) is 30.3 Å². The number of phenols is 2. The summed E-state index contributed by atoms with van der Waals surface area (Å²) in [5.41, 5.74) is -0.245. The largest absolute Gasteiger partial charge is 0.507 e. The highest BCUT2D eigenvalue weighted by molar-refractivity contribution is 9.10. The smallest absolute Gasteiger partial charge is 0.266 e. The molecule has 2 rings (SSSR count). The van der Waals surface area contributed by atoms with Crippen LogP contribution in [0.15, 0.2) is 46.4 Å². The minimum Gasteiger partial charge on any atom is -0.507 e. The quantitative estimate of drug-likeness (QED) is 0.564. The zero-order valence-corrected chi connectivity index (χ0v) is 13.1. The van der Waals surface area contributed by atoms with E-state index < -0.39 is 11.7 Å². The number of nitrogens with one attached hydrogen (secondary N) is 1. The zero-order valence-electron chi connectivity index (χ0n) is 11.5. The number of phenolic OH excluding ortho intramolecular Hbond substituents is 2. The molecule has 116 valence electrons. The third-order valence-corrected chi connectivity index (χ3v) is 3.52. The van der Waals surface area contributed by atoms with E-state index in [2.05, 4.69) is 21.2 Å². The number of carbonyl (C=O) groups excluding carboxylic acids is 1. The summed E-state index contributed by atoms with van der Waals surface area (Å²) in [6.45, 7) is 0. The number of nitriles is 1. The highest BCUT2D eigenvalue weighted by Crippen LogP contribution is 2.32. The van der Waals surface area contributed by atoms with Crippen molar-refractivity contribution in [3.05, 3.63) is 57.8 Å². The number of hydrogen-bond donors (Lipinski definition) is 3. The van der Waals surface area contributed by atoms with Crippen LogP contribution in [0.4, 0.5) is 10.1 Å². The predicted molar refractivity (Wildman–Crippen MR) is 86.1 cm³/mol. The van der Waals surface area contributed by atoms with Crippen molar-refractivity contribution in [2.45, 2.75) is 0 Å². The molecule has 0 atom stereocenters. The topological polar surface area (TPSA) is 93.3 Å². The van der Waals surface area contributed by atoms with Gasteiger partial charge < -0.3 is 15.5 Å². The van der Waals surface area contributed by atoms with Crippen LogP contribution in [-0.2, 0) is 4.79 Å². The Bertz CT molecular complexity index is 844. The first-order valence-corrected chi connectivity index (χ1v) is 7.11. The first-order valence-electron chi connectivity index (χ1n) is 6.31. The number of para-hydroxylation sites is 1. The predicted octanol–water partition coefficient (Wildman–Crippen LogP) is 3.55. The first kappa shape index (κ1) is 16.5. The van der Waals surface area contributed by atoms with Gasteiger partial charge in [-0.3, -0.25) is 4.79 Å². The molecule has 0 heterocycles. The molecule has 2 aromatic rings. The molecule has 0 saturated carbocycles. The van der Waals surface area contributed by atoms with E-state index in [9.17, 15) is 19.4 Å². The Morgan fingerprint density at radius 3 is 2.61 bits per heavy atom. The van der Waals surface area contributed by atoms with E-state index in [1.807, 2.05) is 0 Å². The maximum Gasteiger partial charge on any atom is 0.266 e. The van der Waals surface area contributed by atoms with Gasteiger partial charge in [-0.15, -0.1) is 0 Å². The number of anilines is 1. The summed E-state index contributed by atoms with van der Waals surface area (Å²) in [6.07, 6.45) is 1.13. The molecule has 5 nitrogen and oxygen atoms in total. The van der Waals surface area contributed by atoms with Crippen LogP contribution in [0.1, 0.15) is 5.56 Å². The number of benzene rings is 2. The number of halogens is 2. The highest BCUT2D eigenvalue weighted by atomic mass is 79.9. The van der Waals surface area contributed by atoms with Crippen molar-refractivity contribution in [3.63, 3.8) is 0 Å². The summed E-state index contributed by atoms with van der Waals surface area (Å²) in [4.78, 5) is 12.1. The van der Waals surface area contributed by atoms with Crippen LogP contribution >= 0.6 is 15.9 Å². The van der Waals surface area contributed by atoms with Gasteiger partial charge in [0.25, 0.3) is 5.91 Å². The van der Waals surface area contributed by atoms with Crippen LogP contribution in [-0.4, -0.2) is 16.1 Å². The van der Waals surface area contributed by atoms with Crippen molar-refractivity contribution >= 4 is 33.6 Å². The van der Waals surface area contributed by atoms with E-state index in [0.717, 1.165) is 12.1 Å². The van der Waals surface area contributed by atoms with Crippen molar-refractivity contribution in [2.75, 3.05) is 5.32 Å². The molecular weight excluding hydrogens is 367 g/mol. The fraction of sp³-hybridized carbons (Fsp3) is 0. The minimum atomic E-state index is -0.818. The third kappa shape index (κ3) is 3.87. The Balaban J connectivity index is 2.33. The van der Waals surface area contributed by atoms with Gasteiger partial charge in [0.15, 0.2) is 0 Å². The lowest BCUT2D eigenvalue weighted by atomic mass is 10.1. The van der Waals surface area contributed by atoms with E-state index in [-0.39, 0.29) is 32.8 Å². The number of rotatable bonds is 3. The lowest BCUT2D eigenvalue weighted by molar-refractivity contribution is -0.112. The maximum atomic E-state index is 13.5. The van der Waals surface area contributed by atoms with Crippen LogP contribution in [0, 0.1) is 17.1 Å². The molecule has 0 saturated heterocycles. The number of amides is 1. The molecule has 0 aromatic heterocycles. The molecule has 0 radical (unpaired) electrons. The van der Waals surface area contributed by atoms with Crippen molar-refractivity contribution in [1.29, 1.82) is 5.26 Å².